The van der Waals surface area contributed by atoms with E-state index in [-0.39, 0.29) is 24.7 Å². The summed E-state index contributed by atoms with van der Waals surface area (Å²) in [5.41, 5.74) is 6.90. The van der Waals surface area contributed by atoms with Crippen LogP contribution in [-0.2, 0) is 16.1 Å². The lowest BCUT2D eigenvalue weighted by atomic mass is 10.2. The highest BCUT2D eigenvalue weighted by atomic mass is 16.4. The second kappa shape index (κ2) is 12.4. The summed E-state index contributed by atoms with van der Waals surface area (Å²) in [5.74, 6) is -1.60. The summed E-state index contributed by atoms with van der Waals surface area (Å²) >= 11 is 0. The second-order valence-electron chi connectivity index (χ2n) is 5.25. The van der Waals surface area contributed by atoms with Gasteiger partial charge in [-0.1, -0.05) is 0 Å². The molecule has 27 heavy (non-hydrogen) atoms. The van der Waals surface area contributed by atoms with E-state index in [2.05, 4.69) is 15.0 Å². The lowest BCUT2D eigenvalue weighted by molar-refractivity contribution is -0.135. The number of rotatable bonds is 6. The summed E-state index contributed by atoms with van der Waals surface area (Å²) in [5, 5.41) is 32.8. The molecule has 0 bridgehead atoms. The number of aromatic nitrogens is 3. The zero-order valence-corrected chi connectivity index (χ0v) is 15.1. The number of nitrogens with two attached hydrogens (primary N) is 1. The number of nitrogens with one attached hydrogen (secondary N) is 2. The first-order valence-corrected chi connectivity index (χ1v) is 7.81. The van der Waals surface area contributed by atoms with Gasteiger partial charge < -0.3 is 31.1 Å². The third-order valence-electron chi connectivity index (χ3n) is 2.86. The summed E-state index contributed by atoms with van der Waals surface area (Å²) in [6.07, 6.45) is 1.69. The molecule has 0 saturated heterocycles. The van der Waals surface area contributed by atoms with E-state index >= 15 is 0 Å². The molecule has 0 unspecified atom stereocenters. The van der Waals surface area contributed by atoms with Gasteiger partial charge in [0.1, 0.15) is 11.0 Å². The van der Waals surface area contributed by atoms with E-state index in [1.807, 2.05) is 4.90 Å². The lowest BCUT2D eigenvalue weighted by Gasteiger charge is -2.19. The van der Waals surface area contributed by atoms with Crippen LogP contribution in [0.3, 0.4) is 0 Å². The van der Waals surface area contributed by atoms with Gasteiger partial charge in [-0.2, -0.15) is 0 Å². The van der Waals surface area contributed by atoms with Crippen LogP contribution in [0.2, 0.25) is 0 Å². The number of aliphatic carboxylic acids is 2. The van der Waals surface area contributed by atoms with Gasteiger partial charge in [0.2, 0.25) is 5.95 Å². The minimum Gasteiger partial charge on any atom is -0.481 e. The highest BCUT2D eigenvalue weighted by Crippen LogP contribution is 2.15. The predicted octanol–water partition coefficient (Wildman–Crippen LogP) is -1.20. The zero-order valence-electron chi connectivity index (χ0n) is 15.1. The van der Waals surface area contributed by atoms with Crippen molar-refractivity contribution in [2.75, 3.05) is 32.0 Å². The van der Waals surface area contributed by atoms with Gasteiger partial charge in [-0.05, 0) is 0 Å². The Morgan fingerprint density at radius 3 is 2.07 bits per heavy atom. The van der Waals surface area contributed by atoms with Crippen molar-refractivity contribution in [3.63, 3.8) is 0 Å². The van der Waals surface area contributed by atoms with Gasteiger partial charge in [-0.3, -0.25) is 24.3 Å². The van der Waals surface area contributed by atoms with Crippen molar-refractivity contribution >= 4 is 28.9 Å². The zero-order chi connectivity index (χ0) is 21.0. The summed E-state index contributed by atoms with van der Waals surface area (Å²) in [6, 6.07) is 0. The quantitative estimate of drug-likeness (QED) is 0.315. The molecule has 2 rings (SSSR count). The number of carboxylic acid groups (broad SMARTS) is 2. The minimum absolute atomic E-state index is 0.00148. The maximum atomic E-state index is 11.6. The monoisotopic (exact) mass is 387 g/mol. The average Bonchev–Trinajstić information content (AvgIpc) is 2.90. The van der Waals surface area contributed by atoms with Crippen molar-refractivity contribution in [1.82, 2.24) is 19.9 Å². The molecule has 152 valence electrons. The average molecular weight is 387 g/mol. The van der Waals surface area contributed by atoms with Crippen molar-refractivity contribution in [1.29, 1.82) is 0 Å². The number of hydrogen-bond acceptors (Lipinski definition) is 8. The van der Waals surface area contributed by atoms with Gasteiger partial charge in [-0.15, -0.1) is 0 Å². The molecule has 2 aromatic rings. The Morgan fingerprint density at radius 1 is 1.15 bits per heavy atom. The number of carboxylic acids is 2. The summed E-state index contributed by atoms with van der Waals surface area (Å²) < 4.78 is 0. The van der Waals surface area contributed by atoms with Crippen LogP contribution in [0.4, 0.5) is 5.95 Å². The maximum absolute atomic E-state index is 11.6. The number of nitrogens with zero attached hydrogens (tertiary/aromatic N) is 2. The third kappa shape index (κ3) is 9.94. The normalized spacial score (nSPS) is 9.96. The largest absolute Gasteiger partial charge is 0.481 e. The number of aliphatic hydroxyl groups is 2. The Kier molecular flexibility index (Phi) is 11.0. The Morgan fingerprint density at radius 2 is 1.63 bits per heavy atom. The number of aromatic amines is 2. The van der Waals surface area contributed by atoms with Crippen molar-refractivity contribution in [2.24, 2.45) is 0 Å². The van der Waals surface area contributed by atoms with Crippen molar-refractivity contribution in [2.45, 2.75) is 20.4 Å². The van der Waals surface area contributed by atoms with E-state index in [4.69, 9.17) is 35.7 Å². The van der Waals surface area contributed by atoms with Gasteiger partial charge in [0, 0.05) is 45.2 Å². The highest BCUT2D eigenvalue weighted by molar-refractivity contribution is 5.78. The number of carbonyl (C=O) groups is 2. The van der Waals surface area contributed by atoms with E-state index in [9.17, 15) is 4.79 Å². The lowest BCUT2D eigenvalue weighted by Crippen LogP contribution is -2.29. The molecule has 0 aliphatic carbocycles. The Bertz CT molecular complexity index is 760. The van der Waals surface area contributed by atoms with Crippen molar-refractivity contribution in [3.8, 4) is 0 Å². The number of hydrogen-bond donors (Lipinski definition) is 7. The van der Waals surface area contributed by atoms with Gasteiger partial charge in [0.15, 0.2) is 0 Å². The third-order valence-corrected chi connectivity index (χ3v) is 2.86. The fourth-order valence-corrected chi connectivity index (χ4v) is 2.00. The molecule has 0 fully saturated rings. The molecule has 0 spiro atoms. The molecule has 2 aromatic heterocycles. The smallest absolute Gasteiger partial charge is 0.300 e. The SMILES string of the molecule is CC(=O)O.CC(=O)O.Nc1nc2c(CN(CCO)CCO)c[nH]c2c(=O)[nH]1. The molecule has 12 nitrogen and oxygen atoms in total. The minimum atomic E-state index is -0.833. The van der Waals surface area contributed by atoms with Gasteiger partial charge in [0.25, 0.3) is 17.5 Å². The molecule has 0 amide bonds. The summed E-state index contributed by atoms with van der Waals surface area (Å²) in [6.45, 7) is 3.51. The number of nitrogen functional groups attached to an aromatic ring is 1. The van der Waals surface area contributed by atoms with Crippen LogP contribution >= 0.6 is 0 Å². The standard InChI is InChI=1S/C11H17N5O3.2C2H4O2/c12-11-14-8-7(5-13-9(8)10(19)15-11)6-16(1-3-17)2-4-18;2*1-2(3)4/h5,13,17-18H,1-4,6H2,(H3,12,14,15,19);2*1H3,(H,3,4). The second-order valence-corrected chi connectivity index (χ2v) is 5.25. The molecule has 0 aliphatic heterocycles. The van der Waals surface area contributed by atoms with Crippen LogP contribution in [0, 0.1) is 0 Å². The molecule has 2 heterocycles. The van der Waals surface area contributed by atoms with Crippen LogP contribution < -0.4 is 11.3 Å². The summed E-state index contributed by atoms with van der Waals surface area (Å²) in [4.78, 5) is 40.9. The fourth-order valence-electron chi connectivity index (χ4n) is 2.00. The molecule has 0 aliphatic rings. The van der Waals surface area contributed by atoms with Crippen LogP contribution in [0.15, 0.2) is 11.0 Å². The molecule has 0 saturated carbocycles. The van der Waals surface area contributed by atoms with E-state index < -0.39 is 11.9 Å². The van der Waals surface area contributed by atoms with Crippen LogP contribution in [0.25, 0.3) is 11.0 Å². The number of fused-ring (bicyclic) bond motifs is 1. The number of anilines is 1. The first kappa shape index (κ1) is 24.0. The van der Waals surface area contributed by atoms with E-state index in [0.29, 0.717) is 30.7 Å². The first-order valence-electron chi connectivity index (χ1n) is 7.81. The van der Waals surface area contributed by atoms with Crippen molar-refractivity contribution < 1.29 is 30.0 Å². The summed E-state index contributed by atoms with van der Waals surface area (Å²) in [7, 11) is 0. The van der Waals surface area contributed by atoms with Crippen LogP contribution in [0.1, 0.15) is 19.4 Å². The van der Waals surface area contributed by atoms with Gasteiger partial charge >= 0.3 is 0 Å². The van der Waals surface area contributed by atoms with Crippen molar-refractivity contribution in [3.05, 3.63) is 22.1 Å². The van der Waals surface area contributed by atoms with Crippen LogP contribution in [-0.4, -0.2) is 78.5 Å². The predicted molar refractivity (Wildman–Crippen MR) is 97.2 cm³/mol. The van der Waals surface area contributed by atoms with E-state index in [1.165, 1.54) is 0 Å². The molecule has 0 aromatic carbocycles. The molecular formula is C15H25N5O7. The highest BCUT2D eigenvalue weighted by Gasteiger charge is 2.12. The topological polar surface area (TPSA) is 206 Å². The van der Waals surface area contributed by atoms with E-state index in [0.717, 1.165) is 19.4 Å². The Hall–Kier alpha value is -2.96. The Labute approximate surface area is 154 Å². The van der Waals surface area contributed by atoms with Crippen LogP contribution in [0.5, 0.6) is 0 Å². The molecule has 0 radical (unpaired) electrons. The van der Waals surface area contributed by atoms with E-state index in [1.54, 1.807) is 6.20 Å². The molecule has 0 atom stereocenters. The molecule has 8 N–H and O–H groups in total. The maximum Gasteiger partial charge on any atom is 0.300 e. The molecule has 12 heteroatoms. The number of H-pyrrole nitrogens is 2. The van der Waals surface area contributed by atoms with Gasteiger partial charge in [0.05, 0.1) is 13.2 Å². The fraction of sp³-hybridized carbons (Fsp3) is 0.467. The number of aliphatic hydroxyl groups excluding tert-OH is 2. The molecular weight excluding hydrogens is 362 g/mol. The van der Waals surface area contributed by atoms with Gasteiger partial charge in [-0.25, -0.2) is 4.98 Å². The first-order chi connectivity index (χ1) is 12.6. The Balaban J connectivity index is 0.000000718.